The molecule has 0 saturated heterocycles. The fraction of sp³-hybridized carbons (Fsp3) is 0.207. The summed E-state index contributed by atoms with van der Waals surface area (Å²) in [5, 5.41) is 6.57. The van der Waals surface area contributed by atoms with Crippen LogP contribution in [0.25, 0.3) is 10.9 Å². The summed E-state index contributed by atoms with van der Waals surface area (Å²) in [4.78, 5) is 30.6. The standard InChI is InChI=1S/C29H27N3O4/c1-2-35-27(33)29(32-28(34)30-22-13-7-4-8-14-22)18-23(29)24-17-16-21-12-9-15-25(26(21)31-24)36-19-20-10-5-3-6-11-20/h3-17,23H,2,18-19H2,1H3,(H2,30,32,34). The molecule has 7 heteroatoms. The van der Waals surface area contributed by atoms with Crippen molar-refractivity contribution in [2.24, 2.45) is 0 Å². The van der Waals surface area contributed by atoms with E-state index in [0.717, 1.165) is 10.9 Å². The van der Waals surface area contributed by atoms with Crippen molar-refractivity contribution in [2.75, 3.05) is 11.9 Å². The largest absolute Gasteiger partial charge is 0.487 e. The number of carbonyl (C=O) groups is 2. The number of hydrogen-bond donors (Lipinski definition) is 2. The predicted molar refractivity (Wildman–Crippen MR) is 138 cm³/mol. The number of esters is 1. The van der Waals surface area contributed by atoms with Crippen molar-refractivity contribution in [3.8, 4) is 5.75 Å². The van der Waals surface area contributed by atoms with Gasteiger partial charge in [-0.1, -0.05) is 66.7 Å². The van der Waals surface area contributed by atoms with Crippen LogP contribution < -0.4 is 15.4 Å². The molecule has 4 aromatic rings. The van der Waals surface area contributed by atoms with Gasteiger partial charge in [0, 0.05) is 22.7 Å². The maximum atomic E-state index is 13.0. The maximum absolute atomic E-state index is 13.0. The molecule has 0 bridgehead atoms. The Hall–Kier alpha value is -4.39. The number of amides is 2. The third-order valence-electron chi connectivity index (χ3n) is 6.27. The summed E-state index contributed by atoms with van der Waals surface area (Å²) in [5.74, 6) is -0.117. The summed E-state index contributed by atoms with van der Waals surface area (Å²) in [6, 6.07) is 28.2. The minimum Gasteiger partial charge on any atom is -0.487 e. The molecule has 1 aromatic heterocycles. The van der Waals surface area contributed by atoms with Crippen LogP contribution in [0.2, 0.25) is 0 Å². The summed E-state index contributed by atoms with van der Waals surface area (Å²) in [6.45, 7) is 2.39. The van der Waals surface area contributed by atoms with Gasteiger partial charge in [0.2, 0.25) is 0 Å². The van der Waals surface area contributed by atoms with Gasteiger partial charge < -0.3 is 20.1 Å². The Morgan fingerprint density at radius 3 is 2.44 bits per heavy atom. The number of hydrogen-bond acceptors (Lipinski definition) is 5. The molecule has 36 heavy (non-hydrogen) atoms. The molecular formula is C29H27N3O4. The number of aromatic nitrogens is 1. The van der Waals surface area contributed by atoms with E-state index in [1.54, 1.807) is 19.1 Å². The molecule has 1 heterocycles. The third kappa shape index (κ3) is 4.86. The molecule has 1 aliphatic rings. The lowest BCUT2D eigenvalue weighted by atomic mass is 10.1. The van der Waals surface area contributed by atoms with Gasteiger partial charge in [0.25, 0.3) is 0 Å². The second-order valence-electron chi connectivity index (χ2n) is 8.73. The highest BCUT2D eigenvalue weighted by Crippen LogP contribution is 2.52. The lowest BCUT2D eigenvalue weighted by Crippen LogP contribution is -2.47. The zero-order chi connectivity index (χ0) is 25.0. The number of anilines is 1. The van der Waals surface area contributed by atoms with Gasteiger partial charge in [0.15, 0.2) is 0 Å². The molecule has 1 fully saturated rings. The fourth-order valence-corrected chi connectivity index (χ4v) is 4.36. The van der Waals surface area contributed by atoms with Crippen LogP contribution in [-0.2, 0) is 16.1 Å². The van der Waals surface area contributed by atoms with Crippen LogP contribution in [0.4, 0.5) is 10.5 Å². The highest BCUT2D eigenvalue weighted by Gasteiger charge is 2.64. The number of nitrogens with one attached hydrogen (secondary N) is 2. The Bertz CT molecular complexity index is 1380. The van der Waals surface area contributed by atoms with Crippen LogP contribution in [-0.4, -0.2) is 29.1 Å². The van der Waals surface area contributed by atoms with Gasteiger partial charge in [-0.3, -0.25) is 0 Å². The average Bonchev–Trinajstić information content (AvgIpc) is 3.63. The van der Waals surface area contributed by atoms with Gasteiger partial charge >= 0.3 is 12.0 Å². The van der Waals surface area contributed by atoms with Crippen molar-refractivity contribution >= 4 is 28.6 Å². The summed E-state index contributed by atoms with van der Waals surface area (Å²) in [5.41, 5.74) is 1.93. The van der Waals surface area contributed by atoms with E-state index in [9.17, 15) is 9.59 Å². The summed E-state index contributed by atoms with van der Waals surface area (Å²) >= 11 is 0. The molecule has 2 atom stereocenters. The lowest BCUT2D eigenvalue weighted by Gasteiger charge is -2.19. The van der Waals surface area contributed by atoms with Crippen molar-refractivity contribution in [1.29, 1.82) is 0 Å². The number of para-hydroxylation sites is 2. The molecule has 0 spiro atoms. The first-order valence-electron chi connectivity index (χ1n) is 12.0. The number of fused-ring (bicyclic) bond motifs is 1. The van der Waals surface area contributed by atoms with Crippen LogP contribution >= 0.6 is 0 Å². The highest BCUT2D eigenvalue weighted by atomic mass is 16.5. The second-order valence-corrected chi connectivity index (χ2v) is 8.73. The van der Waals surface area contributed by atoms with Gasteiger partial charge in [-0.05, 0) is 43.2 Å². The number of pyridine rings is 1. The molecule has 2 N–H and O–H groups in total. The molecular weight excluding hydrogens is 454 g/mol. The minimum atomic E-state index is -1.17. The average molecular weight is 482 g/mol. The first-order chi connectivity index (χ1) is 17.6. The zero-order valence-electron chi connectivity index (χ0n) is 19.9. The monoisotopic (exact) mass is 481 g/mol. The Morgan fingerprint density at radius 2 is 1.69 bits per heavy atom. The minimum absolute atomic E-state index is 0.220. The van der Waals surface area contributed by atoms with Crippen molar-refractivity contribution in [3.05, 3.63) is 102 Å². The number of benzene rings is 3. The first kappa shape index (κ1) is 23.4. The quantitative estimate of drug-likeness (QED) is 0.328. The number of rotatable bonds is 8. The Morgan fingerprint density at radius 1 is 0.944 bits per heavy atom. The van der Waals surface area contributed by atoms with E-state index in [1.807, 2.05) is 78.9 Å². The van der Waals surface area contributed by atoms with Crippen LogP contribution in [0, 0.1) is 0 Å². The normalized spacial score (nSPS) is 18.3. The number of carbonyl (C=O) groups excluding carboxylic acids is 2. The van der Waals surface area contributed by atoms with Crippen LogP contribution in [0.5, 0.6) is 5.75 Å². The SMILES string of the molecule is CCOC(=O)C1(NC(=O)Nc2ccccc2)CC1c1ccc2cccc(OCc3ccccc3)c2n1. The van der Waals surface area contributed by atoms with Gasteiger partial charge in [-0.15, -0.1) is 0 Å². The number of ether oxygens (including phenoxy) is 2. The van der Waals surface area contributed by atoms with E-state index in [2.05, 4.69) is 10.6 Å². The van der Waals surface area contributed by atoms with E-state index >= 15 is 0 Å². The molecule has 2 unspecified atom stereocenters. The molecule has 1 saturated carbocycles. The summed E-state index contributed by atoms with van der Waals surface area (Å²) < 4.78 is 11.4. The van der Waals surface area contributed by atoms with E-state index in [0.29, 0.717) is 35.7 Å². The molecule has 3 aromatic carbocycles. The lowest BCUT2D eigenvalue weighted by molar-refractivity contribution is -0.146. The Labute approximate surface area is 209 Å². The van der Waals surface area contributed by atoms with Crippen LogP contribution in [0.15, 0.2) is 91.0 Å². The van der Waals surface area contributed by atoms with Crippen LogP contribution in [0.3, 0.4) is 0 Å². The number of urea groups is 1. The molecule has 0 radical (unpaired) electrons. The molecule has 182 valence electrons. The van der Waals surface area contributed by atoms with Crippen molar-refractivity contribution in [3.63, 3.8) is 0 Å². The number of nitrogens with zero attached hydrogens (tertiary/aromatic N) is 1. The summed E-state index contributed by atoms with van der Waals surface area (Å²) in [7, 11) is 0. The molecule has 5 rings (SSSR count). The van der Waals surface area contributed by atoms with E-state index in [1.165, 1.54) is 0 Å². The Kier molecular flexibility index (Phi) is 6.54. The molecule has 0 aliphatic heterocycles. The topological polar surface area (TPSA) is 89.5 Å². The van der Waals surface area contributed by atoms with Gasteiger partial charge in [-0.2, -0.15) is 0 Å². The van der Waals surface area contributed by atoms with E-state index in [-0.39, 0.29) is 12.5 Å². The molecule has 2 amide bonds. The second kappa shape index (κ2) is 10.1. The zero-order valence-corrected chi connectivity index (χ0v) is 19.9. The van der Waals surface area contributed by atoms with Crippen molar-refractivity contribution in [2.45, 2.75) is 31.4 Å². The Balaban J connectivity index is 1.39. The van der Waals surface area contributed by atoms with E-state index < -0.39 is 17.5 Å². The maximum Gasteiger partial charge on any atom is 0.332 e. The van der Waals surface area contributed by atoms with E-state index in [4.69, 9.17) is 14.5 Å². The van der Waals surface area contributed by atoms with Crippen LogP contribution in [0.1, 0.15) is 30.5 Å². The van der Waals surface area contributed by atoms with Gasteiger partial charge in [0.05, 0.1) is 6.61 Å². The van der Waals surface area contributed by atoms with Gasteiger partial charge in [0.1, 0.15) is 23.4 Å². The fourth-order valence-electron chi connectivity index (χ4n) is 4.36. The smallest absolute Gasteiger partial charge is 0.332 e. The predicted octanol–water partition coefficient (Wildman–Crippen LogP) is 5.42. The van der Waals surface area contributed by atoms with Gasteiger partial charge in [-0.25, -0.2) is 14.6 Å². The van der Waals surface area contributed by atoms with Crippen molar-refractivity contribution < 1.29 is 19.1 Å². The summed E-state index contributed by atoms with van der Waals surface area (Å²) in [6.07, 6.45) is 0.402. The first-order valence-corrected chi connectivity index (χ1v) is 12.0. The highest BCUT2D eigenvalue weighted by molar-refractivity contribution is 5.97. The third-order valence-corrected chi connectivity index (χ3v) is 6.27. The van der Waals surface area contributed by atoms with Crippen molar-refractivity contribution in [1.82, 2.24) is 10.3 Å². The molecule has 7 nitrogen and oxygen atoms in total. The molecule has 1 aliphatic carbocycles.